The van der Waals surface area contributed by atoms with Gasteiger partial charge in [-0.05, 0) is 47.1 Å². The van der Waals surface area contributed by atoms with Gasteiger partial charge in [-0.1, -0.05) is 0 Å². The summed E-state index contributed by atoms with van der Waals surface area (Å²) in [6, 6.07) is 1.51. The molecule has 1 aliphatic heterocycles. The van der Waals surface area contributed by atoms with Gasteiger partial charge in [0.15, 0.2) is 0 Å². The molecular weight excluding hydrogens is 160 g/mol. The van der Waals surface area contributed by atoms with Crippen molar-refractivity contribution in [3.8, 4) is 0 Å². The Hall–Kier alpha value is -0.0800. The topological polar surface area (TPSA) is 29.3 Å². The lowest BCUT2D eigenvalue weighted by atomic mass is 10.00. The number of fused-ring (bicyclic) bond motifs is 1. The second-order valence-electron chi connectivity index (χ2n) is 5.92. The number of nitrogens with two attached hydrogens (primary N) is 1. The van der Waals surface area contributed by atoms with Gasteiger partial charge in [0.05, 0.1) is 0 Å². The molecule has 3 atom stereocenters. The molecule has 0 amide bonds. The SMILES string of the molecule is C[C@@H]1CC2(CN)CC2N1C(C)(C)C. The molecule has 0 radical (unpaired) electrons. The molecule has 1 aliphatic carbocycles. The molecule has 2 unspecified atom stereocenters. The minimum absolute atomic E-state index is 0.317. The van der Waals surface area contributed by atoms with E-state index in [9.17, 15) is 0 Å². The number of rotatable bonds is 1. The molecule has 2 aliphatic rings. The Labute approximate surface area is 81.5 Å². The Bertz CT molecular complexity index is 219. The van der Waals surface area contributed by atoms with E-state index < -0.39 is 0 Å². The average Bonchev–Trinajstić information content (AvgIpc) is 2.55. The van der Waals surface area contributed by atoms with Crippen LogP contribution in [0.2, 0.25) is 0 Å². The van der Waals surface area contributed by atoms with Gasteiger partial charge >= 0.3 is 0 Å². The van der Waals surface area contributed by atoms with E-state index in [0.717, 1.165) is 18.6 Å². The molecule has 2 nitrogen and oxygen atoms in total. The van der Waals surface area contributed by atoms with Crippen molar-refractivity contribution in [1.29, 1.82) is 0 Å². The first-order valence-electron chi connectivity index (χ1n) is 5.39. The van der Waals surface area contributed by atoms with E-state index >= 15 is 0 Å². The van der Waals surface area contributed by atoms with Crippen LogP contribution in [0.4, 0.5) is 0 Å². The monoisotopic (exact) mass is 182 g/mol. The molecular formula is C11H22N2. The third-order valence-electron chi connectivity index (χ3n) is 3.84. The van der Waals surface area contributed by atoms with E-state index in [1.54, 1.807) is 0 Å². The summed E-state index contributed by atoms with van der Waals surface area (Å²) in [6.45, 7) is 10.2. The fourth-order valence-electron chi connectivity index (χ4n) is 3.36. The Kier molecular flexibility index (Phi) is 1.81. The smallest absolute Gasteiger partial charge is 0.0179 e. The Balaban J connectivity index is 2.16. The van der Waals surface area contributed by atoms with Crippen molar-refractivity contribution >= 4 is 0 Å². The van der Waals surface area contributed by atoms with Gasteiger partial charge in [-0.3, -0.25) is 4.90 Å². The molecule has 0 spiro atoms. The summed E-state index contributed by atoms with van der Waals surface area (Å²) < 4.78 is 0. The minimum Gasteiger partial charge on any atom is -0.330 e. The van der Waals surface area contributed by atoms with Crippen LogP contribution in [0.1, 0.15) is 40.5 Å². The largest absolute Gasteiger partial charge is 0.330 e. The van der Waals surface area contributed by atoms with Crippen LogP contribution in [0.15, 0.2) is 0 Å². The lowest BCUT2D eigenvalue weighted by molar-refractivity contribution is 0.104. The van der Waals surface area contributed by atoms with Crippen LogP contribution in [0.3, 0.4) is 0 Å². The Morgan fingerprint density at radius 1 is 1.38 bits per heavy atom. The van der Waals surface area contributed by atoms with E-state index in [1.807, 2.05) is 0 Å². The number of hydrogen-bond donors (Lipinski definition) is 1. The van der Waals surface area contributed by atoms with Crippen molar-refractivity contribution in [2.75, 3.05) is 6.54 Å². The molecule has 2 rings (SSSR count). The zero-order valence-electron chi connectivity index (χ0n) is 9.30. The van der Waals surface area contributed by atoms with Crippen molar-refractivity contribution in [1.82, 2.24) is 4.90 Å². The predicted molar refractivity (Wildman–Crippen MR) is 55.6 cm³/mol. The van der Waals surface area contributed by atoms with Crippen LogP contribution in [-0.4, -0.2) is 29.1 Å². The normalized spacial score (nSPS) is 45.0. The van der Waals surface area contributed by atoms with Crippen molar-refractivity contribution in [3.63, 3.8) is 0 Å². The van der Waals surface area contributed by atoms with Gasteiger partial charge in [0.2, 0.25) is 0 Å². The predicted octanol–water partition coefficient (Wildman–Crippen LogP) is 1.60. The first kappa shape index (κ1) is 9.47. The van der Waals surface area contributed by atoms with Gasteiger partial charge < -0.3 is 5.73 Å². The summed E-state index contributed by atoms with van der Waals surface area (Å²) in [5.41, 5.74) is 6.67. The van der Waals surface area contributed by atoms with Gasteiger partial charge in [-0.2, -0.15) is 0 Å². The molecule has 0 aromatic heterocycles. The van der Waals surface area contributed by atoms with Gasteiger partial charge in [-0.15, -0.1) is 0 Å². The number of piperidine rings is 1. The summed E-state index contributed by atoms with van der Waals surface area (Å²) in [7, 11) is 0. The second-order valence-corrected chi connectivity index (χ2v) is 5.92. The van der Waals surface area contributed by atoms with E-state index in [2.05, 4.69) is 32.6 Å². The summed E-state index contributed by atoms with van der Waals surface area (Å²) in [5.74, 6) is 0. The third-order valence-corrected chi connectivity index (χ3v) is 3.84. The molecule has 2 N–H and O–H groups in total. The van der Waals surface area contributed by atoms with Gasteiger partial charge in [0.1, 0.15) is 0 Å². The molecule has 1 saturated heterocycles. The highest BCUT2D eigenvalue weighted by Gasteiger charge is 2.64. The minimum atomic E-state index is 0.317. The lowest BCUT2D eigenvalue weighted by Crippen LogP contribution is -2.45. The Morgan fingerprint density at radius 2 is 2.00 bits per heavy atom. The molecule has 76 valence electrons. The maximum Gasteiger partial charge on any atom is 0.0179 e. The molecule has 1 saturated carbocycles. The highest BCUT2D eigenvalue weighted by atomic mass is 15.3. The summed E-state index contributed by atoms with van der Waals surface area (Å²) in [5, 5.41) is 0. The fraction of sp³-hybridized carbons (Fsp3) is 1.00. The van der Waals surface area contributed by atoms with E-state index in [1.165, 1.54) is 12.8 Å². The van der Waals surface area contributed by atoms with Gasteiger partial charge in [0, 0.05) is 23.0 Å². The van der Waals surface area contributed by atoms with Crippen molar-refractivity contribution in [2.45, 2.75) is 58.2 Å². The van der Waals surface area contributed by atoms with Crippen LogP contribution in [0, 0.1) is 5.41 Å². The molecule has 13 heavy (non-hydrogen) atoms. The average molecular weight is 182 g/mol. The zero-order chi connectivity index (χ0) is 9.85. The van der Waals surface area contributed by atoms with E-state index in [0.29, 0.717) is 11.0 Å². The molecule has 0 bridgehead atoms. The van der Waals surface area contributed by atoms with Gasteiger partial charge in [-0.25, -0.2) is 0 Å². The number of nitrogens with zero attached hydrogens (tertiary/aromatic N) is 1. The molecule has 2 heteroatoms. The first-order valence-corrected chi connectivity index (χ1v) is 5.39. The summed E-state index contributed by atoms with van der Waals surface area (Å²) in [4.78, 5) is 2.67. The van der Waals surface area contributed by atoms with Crippen LogP contribution >= 0.6 is 0 Å². The van der Waals surface area contributed by atoms with Gasteiger partial charge in [0.25, 0.3) is 0 Å². The van der Waals surface area contributed by atoms with Crippen LogP contribution in [0.25, 0.3) is 0 Å². The van der Waals surface area contributed by atoms with Crippen molar-refractivity contribution < 1.29 is 0 Å². The molecule has 0 aromatic rings. The van der Waals surface area contributed by atoms with E-state index in [4.69, 9.17) is 5.73 Å². The molecule has 0 aromatic carbocycles. The fourth-order valence-corrected chi connectivity index (χ4v) is 3.36. The number of hydrogen-bond acceptors (Lipinski definition) is 2. The highest BCUT2D eigenvalue weighted by Crippen LogP contribution is 2.60. The van der Waals surface area contributed by atoms with E-state index in [-0.39, 0.29) is 0 Å². The van der Waals surface area contributed by atoms with Crippen LogP contribution in [-0.2, 0) is 0 Å². The third kappa shape index (κ3) is 1.23. The molecule has 1 heterocycles. The summed E-state index contributed by atoms with van der Waals surface area (Å²) >= 11 is 0. The quantitative estimate of drug-likeness (QED) is 0.667. The maximum absolute atomic E-state index is 5.85. The maximum atomic E-state index is 5.85. The standard InChI is InChI=1S/C11H22N2/c1-8-5-11(7-12)6-9(11)13(8)10(2,3)4/h8-9H,5-7,12H2,1-4H3/t8-,9?,11?/m1/s1. The van der Waals surface area contributed by atoms with Crippen LogP contribution in [0.5, 0.6) is 0 Å². The number of likely N-dealkylation sites (tertiary alicyclic amines) is 1. The van der Waals surface area contributed by atoms with Crippen molar-refractivity contribution in [3.05, 3.63) is 0 Å². The zero-order valence-corrected chi connectivity index (χ0v) is 9.30. The first-order chi connectivity index (χ1) is 5.91. The lowest BCUT2D eigenvalue weighted by Gasteiger charge is -2.37. The van der Waals surface area contributed by atoms with Crippen LogP contribution < -0.4 is 5.73 Å². The van der Waals surface area contributed by atoms with Crippen molar-refractivity contribution in [2.24, 2.45) is 11.1 Å². The Morgan fingerprint density at radius 3 is 2.31 bits per heavy atom. The summed E-state index contributed by atoms with van der Waals surface area (Å²) in [6.07, 6.45) is 2.65. The second kappa shape index (κ2) is 2.48. The highest BCUT2D eigenvalue weighted by molar-refractivity contribution is 5.18. The molecule has 2 fully saturated rings.